The molecular formula is C15H11N3O2S. The van der Waals surface area contributed by atoms with Crippen molar-refractivity contribution in [3.63, 3.8) is 0 Å². The van der Waals surface area contributed by atoms with Crippen LogP contribution in [0.15, 0.2) is 36.5 Å². The van der Waals surface area contributed by atoms with E-state index < -0.39 is 5.91 Å². The van der Waals surface area contributed by atoms with Gasteiger partial charge in [0.15, 0.2) is 0 Å². The van der Waals surface area contributed by atoms with Gasteiger partial charge in [-0.25, -0.2) is 4.90 Å². The summed E-state index contributed by atoms with van der Waals surface area (Å²) in [5, 5.41) is 0. The van der Waals surface area contributed by atoms with Crippen LogP contribution in [0.5, 0.6) is 0 Å². The molecule has 0 spiro atoms. The standard InChI is InChI=1S/C15H11N3O2S/c1-8-4-5-9(13(16)21)7-11(8)18-14(19)10-3-2-6-17-12(10)15(18)20/h2-7H,1H3,(H2,16,21). The van der Waals surface area contributed by atoms with Crippen LogP contribution < -0.4 is 10.6 Å². The molecule has 21 heavy (non-hydrogen) atoms. The molecule has 1 aromatic heterocycles. The van der Waals surface area contributed by atoms with E-state index >= 15 is 0 Å². The molecule has 0 radical (unpaired) electrons. The van der Waals surface area contributed by atoms with Crippen molar-refractivity contribution in [2.75, 3.05) is 4.90 Å². The second-order valence-electron chi connectivity index (χ2n) is 4.71. The smallest absolute Gasteiger partial charge is 0.284 e. The maximum atomic E-state index is 12.4. The minimum Gasteiger partial charge on any atom is -0.389 e. The van der Waals surface area contributed by atoms with Gasteiger partial charge in [0, 0.05) is 11.8 Å². The Morgan fingerprint density at radius 3 is 2.67 bits per heavy atom. The Kier molecular flexibility index (Phi) is 3.03. The number of carbonyl (C=O) groups excluding carboxylic acids is 2. The van der Waals surface area contributed by atoms with Crippen molar-refractivity contribution in [1.29, 1.82) is 0 Å². The summed E-state index contributed by atoms with van der Waals surface area (Å²) in [4.78, 5) is 30.2. The molecule has 0 atom stereocenters. The average molecular weight is 297 g/mol. The molecule has 2 N–H and O–H groups in total. The molecule has 2 amide bonds. The van der Waals surface area contributed by atoms with Crippen LogP contribution in [-0.2, 0) is 0 Å². The van der Waals surface area contributed by atoms with Crippen molar-refractivity contribution in [2.24, 2.45) is 5.73 Å². The minimum absolute atomic E-state index is 0.169. The van der Waals surface area contributed by atoms with E-state index in [1.165, 1.54) is 6.20 Å². The zero-order valence-corrected chi connectivity index (χ0v) is 12.0. The highest BCUT2D eigenvalue weighted by Gasteiger charge is 2.38. The third kappa shape index (κ3) is 2.00. The van der Waals surface area contributed by atoms with Crippen LogP contribution in [0.25, 0.3) is 0 Å². The molecule has 0 unspecified atom stereocenters. The number of carbonyl (C=O) groups is 2. The zero-order chi connectivity index (χ0) is 15.1. The number of aromatic nitrogens is 1. The number of pyridine rings is 1. The van der Waals surface area contributed by atoms with Gasteiger partial charge in [0.25, 0.3) is 11.8 Å². The van der Waals surface area contributed by atoms with Crippen LogP contribution in [0.4, 0.5) is 5.69 Å². The van der Waals surface area contributed by atoms with Crippen LogP contribution >= 0.6 is 12.2 Å². The molecule has 1 aliphatic rings. The summed E-state index contributed by atoms with van der Waals surface area (Å²) in [6.45, 7) is 1.82. The lowest BCUT2D eigenvalue weighted by Crippen LogP contribution is -2.30. The maximum Gasteiger partial charge on any atom is 0.284 e. The molecule has 0 aliphatic carbocycles. The Labute approximate surface area is 126 Å². The van der Waals surface area contributed by atoms with Gasteiger partial charge in [-0.2, -0.15) is 0 Å². The van der Waals surface area contributed by atoms with E-state index in [1.807, 2.05) is 6.92 Å². The highest BCUT2D eigenvalue weighted by Crippen LogP contribution is 2.30. The quantitative estimate of drug-likeness (QED) is 0.676. The van der Waals surface area contributed by atoms with Crippen molar-refractivity contribution in [2.45, 2.75) is 6.92 Å². The first-order valence-electron chi connectivity index (χ1n) is 6.25. The van der Waals surface area contributed by atoms with E-state index in [9.17, 15) is 9.59 Å². The number of amides is 2. The number of imide groups is 1. The third-order valence-corrected chi connectivity index (χ3v) is 3.62. The fraction of sp³-hybridized carbons (Fsp3) is 0.0667. The second kappa shape index (κ2) is 4.75. The number of hydrogen-bond acceptors (Lipinski definition) is 4. The van der Waals surface area contributed by atoms with Gasteiger partial charge in [-0.05, 0) is 30.7 Å². The molecule has 0 fully saturated rings. The molecule has 1 aliphatic heterocycles. The predicted molar refractivity (Wildman–Crippen MR) is 82.4 cm³/mol. The number of hydrogen-bond donors (Lipinski definition) is 1. The molecule has 5 nitrogen and oxygen atoms in total. The first-order chi connectivity index (χ1) is 10.0. The number of aryl methyl sites for hydroxylation is 1. The molecule has 0 saturated heterocycles. The summed E-state index contributed by atoms with van der Waals surface area (Å²) < 4.78 is 0. The average Bonchev–Trinajstić information content (AvgIpc) is 2.72. The summed E-state index contributed by atoms with van der Waals surface area (Å²) in [5.74, 6) is -0.815. The number of anilines is 1. The summed E-state index contributed by atoms with van der Waals surface area (Å²) in [7, 11) is 0. The lowest BCUT2D eigenvalue weighted by Gasteiger charge is -2.17. The van der Waals surface area contributed by atoms with Crippen molar-refractivity contribution >= 4 is 34.7 Å². The largest absolute Gasteiger partial charge is 0.389 e. The summed E-state index contributed by atoms with van der Waals surface area (Å²) in [6.07, 6.45) is 1.49. The van der Waals surface area contributed by atoms with E-state index in [0.29, 0.717) is 16.8 Å². The van der Waals surface area contributed by atoms with Crippen molar-refractivity contribution in [3.8, 4) is 0 Å². The topological polar surface area (TPSA) is 76.3 Å². The fourth-order valence-electron chi connectivity index (χ4n) is 2.29. The zero-order valence-electron chi connectivity index (χ0n) is 11.2. The Balaban J connectivity index is 2.15. The van der Waals surface area contributed by atoms with Gasteiger partial charge in [-0.1, -0.05) is 24.4 Å². The second-order valence-corrected chi connectivity index (χ2v) is 5.15. The Morgan fingerprint density at radius 1 is 1.24 bits per heavy atom. The first kappa shape index (κ1) is 13.4. The number of fused-ring (bicyclic) bond motifs is 1. The normalized spacial score (nSPS) is 13.5. The van der Waals surface area contributed by atoms with E-state index in [0.717, 1.165) is 10.5 Å². The highest BCUT2D eigenvalue weighted by atomic mass is 32.1. The Hall–Kier alpha value is -2.60. The minimum atomic E-state index is -0.432. The van der Waals surface area contributed by atoms with Gasteiger partial charge in [0.1, 0.15) is 10.7 Å². The Morgan fingerprint density at radius 2 is 2.00 bits per heavy atom. The number of nitrogens with zero attached hydrogens (tertiary/aromatic N) is 2. The van der Waals surface area contributed by atoms with Crippen LogP contribution in [0.2, 0.25) is 0 Å². The molecule has 2 heterocycles. The predicted octanol–water partition coefficient (Wildman–Crippen LogP) is 1.82. The molecule has 2 aromatic rings. The highest BCUT2D eigenvalue weighted by molar-refractivity contribution is 7.80. The monoisotopic (exact) mass is 297 g/mol. The van der Waals surface area contributed by atoms with Gasteiger partial charge in [0.05, 0.1) is 11.3 Å². The number of thiocarbonyl (C=S) groups is 1. The lowest BCUT2D eigenvalue weighted by atomic mass is 10.1. The Bertz CT molecular complexity index is 766. The van der Waals surface area contributed by atoms with Gasteiger partial charge in [-0.15, -0.1) is 0 Å². The number of rotatable bonds is 2. The van der Waals surface area contributed by atoms with E-state index in [2.05, 4.69) is 4.98 Å². The molecule has 0 bridgehead atoms. The van der Waals surface area contributed by atoms with Gasteiger partial charge >= 0.3 is 0 Å². The molecule has 0 saturated carbocycles. The van der Waals surface area contributed by atoms with Crippen LogP contribution in [0.1, 0.15) is 32.0 Å². The number of nitrogens with two attached hydrogens (primary N) is 1. The molecule has 104 valence electrons. The SMILES string of the molecule is Cc1ccc(C(N)=S)cc1N1C(=O)c2cccnc2C1=O. The molecule has 3 rings (SSSR count). The molecule has 6 heteroatoms. The first-order valence-corrected chi connectivity index (χ1v) is 6.66. The van der Waals surface area contributed by atoms with Crippen LogP contribution in [-0.4, -0.2) is 21.8 Å². The van der Waals surface area contributed by atoms with Crippen molar-refractivity contribution < 1.29 is 9.59 Å². The van der Waals surface area contributed by atoms with Gasteiger partial charge in [-0.3, -0.25) is 14.6 Å². The van der Waals surface area contributed by atoms with Crippen molar-refractivity contribution in [1.82, 2.24) is 4.98 Å². The van der Waals surface area contributed by atoms with Crippen molar-refractivity contribution in [3.05, 3.63) is 58.9 Å². The summed E-state index contributed by atoms with van der Waals surface area (Å²) in [5.41, 5.74) is 7.96. The van der Waals surface area contributed by atoms with E-state index in [4.69, 9.17) is 18.0 Å². The molecular weight excluding hydrogens is 286 g/mol. The third-order valence-electron chi connectivity index (χ3n) is 3.38. The van der Waals surface area contributed by atoms with E-state index in [-0.39, 0.29) is 16.6 Å². The van der Waals surface area contributed by atoms with Crippen LogP contribution in [0, 0.1) is 6.92 Å². The van der Waals surface area contributed by atoms with Gasteiger partial charge < -0.3 is 5.73 Å². The molecule has 1 aromatic carbocycles. The lowest BCUT2D eigenvalue weighted by molar-refractivity contribution is 0.0924. The van der Waals surface area contributed by atoms with Gasteiger partial charge in [0.2, 0.25) is 0 Å². The number of benzene rings is 1. The van der Waals surface area contributed by atoms with Crippen LogP contribution in [0.3, 0.4) is 0 Å². The summed E-state index contributed by atoms with van der Waals surface area (Å²) >= 11 is 4.94. The summed E-state index contributed by atoms with van der Waals surface area (Å²) in [6, 6.07) is 8.42. The van der Waals surface area contributed by atoms with E-state index in [1.54, 1.807) is 30.3 Å². The maximum absolute atomic E-state index is 12.4. The fourth-order valence-corrected chi connectivity index (χ4v) is 2.42.